The molecular weight excluding hydrogens is 408 g/mol. The predicted octanol–water partition coefficient (Wildman–Crippen LogP) is 3.74. The van der Waals surface area contributed by atoms with Crippen LogP contribution in [0.4, 0.5) is 11.5 Å². The van der Waals surface area contributed by atoms with Crippen LogP contribution in [0.2, 0.25) is 0 Å². The SMILES string of the molecule is COc1ccccc1-c1ccc(N2CCCC(C(=O)Nc3ccc4c(c3)OCO4)C2)nn1. The van der Waals surface area contributed by atoms with E-state index < -0.39 is 0 Å². The molecule has 0 aliphatic carbocycles. The van der Waals surface area contributed by atoms with Crippen LogP contribution in [0.1, 0.15) is 12.8 Å². The lowest BCUT2D eigenvalue weighted by atomic mass is 9.97. The van der Waals surface area contributed by atoms with Crippen molar-refractivity contribution in [1.82, 2.24) is 10.2 Å². The second-order valence-corrected chi connectivity index (χ2v) is 7.82. The normalized spacial score (nSPS) is 17.2. The molecule has 0 radical (unpaired) electrons. The number of fused-ring (bicyclic) bond motifs is 1. The van der Waals surface area contributed by atoms with Gasteiger partial charge in [-0.15, -0.1) is 10.2 Å². The number of piperidine rings is 1. The Balaban J connectivity index is 1.26. The van der Waals surface area contributed by atoms with Gasteiger partial charge in [0.2, 0.25) is 12.7 Å². The van der Waals surface area contributed by atoms with Gasteiger partial charge >= 0.3 is 0 Å². The van der Waals surface area contributed by atoms with E-state index in [2.05, 4.69) is 20.4 Å². The molecule has 1 fully saturated rings. The summed E-state index contributed by atoms with van der Waals surface area (Å²) in [7, 11) is 1.64. The number of hydrogen-bond acceptors (Lipinski definition) is 7. The number of hydrogen-bond donors (Lipinski definition) is 1. The average molecular weight is 432 g/mol. The molecule has 1 amide bonds. The van der Waals surface area contributed by atoms with Crippen molar-refractivity contribution in [3.8, 4) is 28.5 Å². The van der Waals surface area contributed by atoms with Crippen molar-refractivity contribution in [2.75, 3.05) is 37.2 Å². The molecular formula is C24H24N4O4. The molecule has 3 aromatic rings. The molecule has 3 heterocycles. The third-order valence-corrected chi connectivity index (χ3v) is 5.79. The lowest BCUT2D eigenvalue weighted by Gasteiger charge is -2.32. The summed E-state index contributed by atoms with van der Waals surface area (Å²) in [5.41, 5.74) is 2.35. The van der Waals surface area contributed by atoms with Crippen molar-refractivity contribution >= 4 is 17.4 Å². The lowest BCUT2D eigenvalue weighted by Crippen LogP contribution is -2.41. The van der Waals surface area contributed by atoms with Crippen LogP contribution >= 0.6 is 0 Å². The highest BCUT2D eigenvalue weighted by molar-refractivity contribution is 5.93. The molecule has 1 saturated heterocycles. The number of amides is 1. The zero-order valence-corrected chi connectivity index (χ0v) is 17.8. The minimum absolute atomic E-state index is 0.00725. The van der Waals surface area contributed by atoms with Gasteiger partial charge in [0.25, 0.3) is 0 Å². The van der Waals surface area contributed by atoms with Crippen LogP contribution in [0.25, 0.3) is 11.3 Å². The third-order valence-electron chi connectivity index (χ3n) is 5.79. The maximum absolute atomic E-state index is 12.9. The maximum atomic E-state index is 12.9. The van der Waals surface area contributed by atoms with Crippen molar-refractivity contribution in [2.24, 2.45) is 5.92 Å². The Morgan fingerprint density at radius 2 is 1.97 bits per heavy atom. The van der Waals surface area contributed by atoms with Crippen molar-refractivity contribution in [3.05, 3.63) is 54.6 Å². The number of methoxy groups -OCH3 is 1. The Kier molecular flexibility index (Phi) is 5.49. The quantitative estimate of drug-likeness (QED) is 0.657. The van der Waals surface area contributed by atoms with Crippen molar-refractivity contribution in [3.63, 3.8) is 0 Å². The zero-order valence-electron chi connectivity index (χ0n) is 17.8. The van der Waals surface area contributed by atoms with Crippen LogP contribution in [-0.4, -0.2) is 43.1 Å². The number of aromatic nitrogens is 2. The van der Waals surface area contributed by atoms with Gasteiger partial charge in [0.1, 0.15) is 5.75 Å². The van der Waals surface area contributed by atoms with Crippen LogP contribution in [0.15, 0.2) is 54.6 Å². The Bertz CT molecular complexity index is 1120. The van der Waals surface area contributed by atoms with Gasteiger partial charge in [0.15, 0.2) is 17.3 Å². The third kappa shape index (κ3) is 4.03. The molecule has 1 unspecified atom stereocenters. The smallest absolute Gasteiger partial charge is 0.231 e. The summed E-state index contributed by atoms with van der Waals surface area (Å²) in [4.78, 5) is 15.0. The first-order chi connectivity index (χ1) is 15.7. The minimum atomic E-state index is -0.134. The Morgan fingerprint density at radius 3 is 2.81 bits per heavy atom. The second-order valence-electron chi connectivity index (χ2n) is 7.82. The van der Waals surface area contributed by atoms with Gasteiger partial charge in [0, 0.05) is 30.4 Å². The average Bonchev–Trinajstić information content (AvgIpc) is 3.32. The molecule has 5 rings (SSSR count). The van der Waals surface area contributed by atoms with Crippen LogP contribution < -0.4 is 24.4 Å². The molecule has 1 aromatic heterocycles. The van der Waals surface area contributed by atoms with Crippen LogP contribution in [0.5, 0.6) is 17.2 Å². The zero-order chi connectivity index (χ0) is 21.9. The molecule has 8 heteroatoms. The van der Waals surface area contributed by atoms with E-state index in [4.69, 9.17) is 14.2 Å². The van der Waals surface area contributed by atoms with Gasteiger partial charge in [-0.1, -0.05) is 12.1 Å². The molecule has 8 nitrogen and oxygen atoms in total. The summed E-state index contributed by atoms with van der Waals surface area (Å²) in [5, 5.41) is 11.8. The highest BCUT2D eigenvalue weighted by Gasteiger charge is 2.27. The molecule has 0 bridgehead atoms. The first kappa shape index (κ1) is 20.1. The monoisotopic (exact) mass is 432 g/mol. The molecule has 0 saturated carbocycles. The number of nitrogens with zero attached hydrogens (tertiary/aromatic N) is 3. The largest absolute Gasteiger partial charge is 0.496 e. The molecule has 2 aromatic carbocycles. The number of ether oxygens (including phenoxy) is 3. The fourth-order valence-electron chi connectivity index (χ4n) is 4.11. The fourth-order valence-corrected chi connectivity index (χ4v) is 4.11. The van der Waals surface area contributed by atoms with E-state index in [0.29, 0.717) is 23.7 Å². The summed E-state index contributed by atoms with van der Waals surface area (Å²) < 4.78 is 16.1. The summed E-state index contributed by atoms with van der Waals surface area (Å²) in [6.45, 7) is 1.65. The minimum Gasteiger partial charge on any atom is -0.496 e. The van der Waals surface area contributed by atoms with E-state index in [0.717, 1.165) is 42.2 Å². The Labute approximate surface area is 186 Å². The van der Waals surface area contributed by atoms with E-state index in [1.54, 1.807) is 13.2 Å². The van der Waals surface area contributed by atoms with E-state index in [-0.39, 0.29) is 18.6 Å². The van der Waals surface area contributed by atoms with Gasteiger partial charge in [0.05, 0.1) is 18.7 Å². The number of para-hydroxylation sites is 1. The van der Waals surface area contributed by atoms with Crippen LogP contribution in [0.3, 0.4) is 0 Å². The summed E-state index contributed by atoms with van der Waals surface area (Å²) >= 11 is 0. The van der Waals surface area contributed by atoms with Crippen LogP contribution in [0, 0.1) is 5.92 Å². The highest BCUT2D eigenvalue weighted by Crippen LogP contribution is 2.34. The van der Waals surface area contributed by atoms with Crippen molar-refractivity contribution in [1.29, 1.82) is 0 Å². The van der Waals surface area contributed by atoms with Gasteiger partial charge in [-0.05, 0) is 49.2 Å². The second kappa shape index (κ2) is 8.74. The standard InChI is InChI=1S/C24H24N4O4/c1-30-20-7-3-2-6-18(20)19-9-11-23(27-26-19)28-12-4-5-16(14-28)24(29)25-17-8-10-21-22(13-17)32-15-31-21/h2-3,6-11,13,16H,4-5,12,14-15H2,1H3,(H,25,29). The highest BCUT2D eigenvalue weighted by atomic mass is 16.7. The topological polar surface area (TPSA) is 85.8 Å². The molecule has 32 heavy (non-hydrogen) atoms. The Morgan fingerprint density at radius 1 is 1.09 bits per heavy atom. The molecule has 2 aliphatic rings. The van der Waals surface area contributed by atoms with Gasteiger partial charge in [-0.25, -0.2) is 0 Å². The van der Waals surface area contributed by atoms with E-state index in [1.807, 2.05) is 48.5 Å². The van der Waals surface area contributed by atoms with Crippen LogP contribution in [-0.2, 0) is 4.79 Å². The number of carbonyl (C=O) groups is 1. The predicted molar refractivity (Wildman–Crippen MR) is 120 cm³/mol. The van der Waals surface area contributed by atoms with Gasteiger partial charge in [-0.3, -0.25) is 4.79 Å². The number of benzene rings is 2. The molecule has 1 N–H and O–H groups in total. The number of anilines is 2. The molecule has 0 spiro atoms. The molecule has 164 valence electrons. The summed E-state index contributed by atoms with van der Waals surface area (Å²) in [5.74, 6) is 2.73. The van der Waals surface area contributed by atoms with E-state index in [9.17, 15) is 4.79 Å². The van der Waals surface area contributed by atoms with Gasteiger partial charge in [-0.2, -0.15) is 0 Å². The van der Waals surface area contributed by atoms with Crippen molar-refractivity contribution in [2.45, 2.75) is 12.8 Å². The summed E-state index contributed by atoms with van der Waals surface area (Å²) in [6.07, 6.45) is 1.74. The summed E-state index contributed by atoms with van der Waals surface area (Å²) in [6, 6.07) is 17.1. The van der Waals surface area contributed by atoms with Gasteiger partial charge < -0.3 is 24.4 Å². The molecule has 1 atom stereocenters. The number of rotatable bonds is 5. The number of nitrogens with one attached hydrogen (secondary N) is 1. The number of carbonyl (C=O) groups excluding carboxylic acids is 1. The van der Waals surface area contributed by atoms with E-state index >= 15 is 0 Å². The van der Waals surface area contributed by atoms with E-state index in [1.165, 1.54) is 0 Å². The lowest BCUT2D eigenvalue weighted by molar-refractivity contribution is -0.120. The first-order valence-electron chi connectivity index (χ1n) is 10.6. The Hall–Kier alpha value is -3.81. The maximum Gasteiger partial charge on any atom is 0.231 e. The first-order valence-corrected chi connectivity index (χ1v) is 10.6. The molecule has 2 aliphatic heterocycles. The fraction of sp³-hybridized carbons (Fsp3) is 0.292. The van der Waals surface area contributed by atoms with Crippen molar-refractivity contribution < 1.29 is 19.0 Å².